The summed E-state index contributed by atoms with van der Waals surface area (Å²) >= 11 is 0. The van der Waals surface area contributed by atoms with Crippen molar-refractivity contribution in [3.05, 3.63) is 75.4 Å². The number of para-hydroxylation sites is 1. The third-order valence-corrected chi connectivity index (χ3v) is 7.91. The molecule has 0 spiro atoms. The van der Waals surface area contributed by atoms with Gasteiger partial charge in [-0.3, -0.25) is 14.4 Å². The number of methoxy groups -OCH3 is 4. The average Bonchev–Trinajstić information content (AvgIpc) is 3.26. The Morgan fingerprint density at radius 1 is 0.911 bits per heavy atom. The van der Waals surface area contributed by atoms with Crippen molar-refractivity contribution in [3.8, 4) is 34.1 Å². The van der Waals surface area contributed by atoms with Crippen LogP contribution in [0.15, 0.2) is 53.3 Å². The van der Waals surface area contributed by atoms with E-state index in [2.05, 4.69) is 16.0 Å². The van der Waals surface area contributed by atoms with Crippen molar-refractivity contribution in [3.63, 3.8) is 0 Å². The molecule has 0 aromatic heterocycles. The topological polar surface area (TPSA) is 124 Å². The fraction of sp³-hybridized carbons (Fsp3) is 0.400. The highest BCUT2D eigenvalue weighted by atomic mass is 16.5. The van der Waals surface area contributed by atoms with Crippen molar-refractivity contribution in [2.24, 2.45) is 5.92 Å². The largest absolute Gasteiger partial charge is 0.496 e. The van der Waals surface area contributed by atoms with Gasteiger partial charge in [0.15, 0.2) is 11.5 Å². The van der Waals surface area contributed by atoms with Crippen LogP contribution in [-0.2, 0) is 22.6 Å². The summed E-state index contributed by atoms with van der Waals surface area (Å²) in [5, 5.41) is 9.25. The molecule has 0 saturated carbocycles. The minimum Gasteiger partial charge on any atom is -0.496 e. The van der Waals surface area contributed by atoms with Crippen LogP contribution in [0.4, 0.5) is 5.69 Å². The lowest BCUT2D eigenvalue weighted by Gasteiger charge is -2.21. The third-order valence-electron chi connectivity index (χ3n) is 7.91. The summed E-state index contributed by atoms with van der Waals surface area (Å²) < 4.78 is 22.6. The van der Waals surface area contributed by atoms with Crippen molar-refractivity contribution in [2.45, 2.75) is 58.7 Å². The Hall–Kier alpha value is -4.73. The summed E-state index contributed by atoms with van der Waals surface area (Å²) in [5.41, 5.74) is 3.86. The second-order valence-electron chi connectivity index (χ2n) is 11.5. The van der Waals surface area contributed by atoms with Gasteiger partial charge in [0.1, 0.15) is 11.8 Å². The van der Waals surface area contributed by atoms with Crippen LogP contribution in [0.25, 0.3) is 11.1 Å². The predicted molar refractivity (Wildman–Crippen MR) is 174 cm³/mol. The maximum Gasteiger partial charge on any atom is 0.242 e. The molecule has 2 atom stereocenters. The minimum absolute atomic E-state index is 0.173. The van der Waals surface area contributed by atoms with Gasteiger partial charge in [-0.1, -0.05) is 38.1 Å². The molecular weight excluding hydrogens is 574 g/mol. The normalized spacial score (nSPS) is 14.3. The highest BCUT2D eigenvalue weighted by Gasteiger charge is 2.30. The van der Waals surface area contributed by atoms with E-state index in [0.717, 1.165) is 16.7 Å². The molecule has 3 aromatic rings. The molecule has 10 heteroatoms. The number of hydrogen-bond acceptors (Lipinski definition) is 8. The number of nitrogens with one attached hydrogen (secondary N) is 3. The number of hydrogen-bond donors (Lipinski definition) is 3. The molecule has 2 amide bonds. The predicted octanol–water partition coefficient (Wildman–Crippen LogP) is 5.01. The van der Waals surface area contributed by atoms with Crippen LogP contribution in [0.2, 0.25) is 0 Å². The number of ether oxygens (including phenoxy) is 4. The Morgan fingerprint density at radius 3 is 2.27 bits per heavy atom. The fourth-order valence-electron chi connectivity index (χ4n) is 5.87. The Kier molecular flexibility index (Phi) is 10.9. The Bertz CT molecular complexity index is 1610. The van der Waals surface area contributed by atoms with Crippen molar-refractivity contribution in [1.82, 2.24) is 10.6 Å². The van der Waals surface area contributed by atoms with Gasteiger partial charge < -0.3 is 34.9 Å². The van der Waals surface area contributed by atoms with Crippen LogP contribution in [0.5, 0.6) is 23.0 Å². The molecule has 0 heterocycles. The van der Waals surface area contributed by atoms with E-state index in [1.165, 1.54) is 6.92 Å². The van der Waals surface area contributed by atoms with Crippen LogP contribution < -0.4 is 40.3 Å². The van der Waals surface area contributed by atoms with Crippen LogP contribution >= 0.6 is 0 Å². The van der Waals surface area contributed by atoms with Crippen LogP contribution in [0.3, 0.4) is 0 Å². The molecule has 0 saturated heterocycles. The van der Waals surface area contributed by atoms with E-state index in [-0.39, 0.29) is 35.4 Å². The molecule has 3 aromatic carbocycles. The van der Waals surface area contributed by atoms with Crippen molar-refractivity contribution in [1.29, 1.82) is 0 Å². The van der Waals surface area contributed by atoms with Gasteiger partial charge in [-0.15, -0.1) is 0 Å². The van der Waals surface area contributed by atoms with E-state index in [9.17, 15) is 14.4 Å². The quantitative estimate of drug-likeness (QED) is 0.259. The molecular formula is C35H43N3O7. The van der Waals surface area contributed by atoms with Crippen molar-refractivity contribution in [2.75, 3.05) is 33.8 Å². The third kappa shape index (κ3) is 7.50. The number of amides is 2. The van der Waals surface area contributed by atoms with E-state index in [4.69, 9.17) is 18.9 Å². The molecule has 0 unspecified atom stereocenters. The molecule has 10 nitrogen and oxygen atoms in total. The number of aryl methyl sites for hydroxylation is 1. The lowest BCUT2D eigenvalue weighted by molar-refractivity contribution is -0.122. The second-order valence-corrected chi connectivity index (χ2v) is 11.5. The number of fused-ring (bicyclic) bond motifs is 3. The van der Waals surface area contributed by atoms with E-state index in [1.807, 2.05) is 50.2 Å². The van der Waals surface area contributed by atoms with E-state index < -0.39 is 12.1 Å². The summed E-state index contributed by atoms with van der Waals surface area (Å²) in [6, 6.07) is 13.4. The Balaban J connectivity index is 1.79. The highest BCUT2D eigenvalue weighted by molar-refractivity contribution is 5.86. The molecule has 240 valence electrons. The summed E-state index contributed by atoms with van der Waals surface area (Å²) in [6.45, 7) is 5.78. The molecule has 45 heavy (non-hydrogen) atoms. The van der Waals surface area contributed by atoms with E-state index >= 15 is 0 Å². The lowest BCUT2D eigenvalue weighted by atomic mass is 9.95. The standard InChI is InChI=1S/C35H43N3O7/c1-20(2)16-28(35(41)36-19-23-10-8-9-11-30(23)42-4)38-27-15-13-24-25(18-29(27)40)26(37-21(3)39)14-12-22-17-31(43-5)33(44-6)34(45-7)32(22)24/h8-11,13,15,17-18,20,26,28H,12,14,16,19H2,1-7H3,(H,36,41)(H,37,39)(H,38,40)/t26-,28-/m0/s1. The first-order valence-corrected chi connectivity index (χ1v) is 15.0. The van der Waals surface area contributed by atoms with Gasteiger partial charge in [0, 0.05) is 24.6 Å². The molecule has 0 fully saturated rings. The zero-order chi connectivity index (χ0) is 32.7. The molecule has 0 bridgehead atoms. The zero-order valence-corrected chi connectivity index (χ0v) is 27.0. The minimum atomic E-state index is -0.674. The first kappa shape index (κ1) is 33.2. The maximum atomic E-state index is 13.8. The Morgan fingerprint density at radius 2 is 1.62 bits per heavy atom. The molecule has 4 rings (SSSR count). The monoisotopic (exact) mass is 617 g/mol. The maximum absolute atomic E-state index is 13.8. The van der Waals surface area contributed by atoms with Crippen LogP contribution in [0, 0.1) is 5.92 Å². The Labute approximate surface area is 264 Å². The van der Waals surface area contributed by atoms with Crippen LogP contribution in [0.1, 0.15) is 56.3 Å². The smallest absolute Gasteiger partial charge is 0.242 e. The number of carbonyl (C=O) groups is 2. The molecule has 1 aliphatic carbocycles. The molecule has 3 N–H and O–H groups in total. The van der Waals surface area contributed by atoms with Gasteiger partial charge in [-0.2, -0.15) is 0 Å². The van der Waals surface area contributed by atoms with Crippen molar-refractivity contribution < 1.29 is 28.5 Å². The van der Waals surface area contributed by atoms with Crippen LogP contribution in [-0.4, -0.2) is 46.3 Å². The molecule has 1 aliphatic rings. The average molecular weight is 618 g/mol. The van der Waals surface area contributed by atoms with E-state index in [1.54, 1.807) is 40.6 Å². The number of rotatable bonds is 12. The number of anilines is 1. The van der Waals surface area contributed by atoms with Crippen molar-refractivity contribution >= 4 is 17.5 Å². The molecule has 0 aliphatic heterocycles. The first-order chi connectivity index (χ1) is 21.6. The summed E-state index contributed by atoms with van der Waals surface area (Å²) in [6.07, 6.45) is 1.64. The van der Waals surface area contributed by atoms with Gasteiger partial charge >= 0.3 is 0 Å². The summed E-state index contributed by atoms with van der Waals surface area (Å²) in [7, 11) is 6.26. The fourth-order valence-corrected chi connectivity index (χ4v) is 5.87. The van der Waals surface area contributed by atoms with Gasteiger partial charge in [0.2, 0.25) is 23.0 Å². The van der Waals surface area contributed by atoms with Gasteiger partial charge in [-0.25, -0.2) is 0 Å². The van der Waals surface area contributed by atoms with Gasteiger partial charge in [0.25, 0.3) is 0 Å². The summed E-state index contributed by atoms with van der Waals surface area (Å²) in [4.78, 5) is 39.6. The second kappa shape index (κ2) is 14.8. The number of benzene rings is 2. The van der Waals surface area contributed by atoms with Gasteiger partial charge in [0.05, 0.1) is 40.2 Å². The first-order valence-electron chi connectivity index (χ1n) is 15.0. The SMILES string of the molecule is COc1ccccc1CNC(=O)[C@H](CC(C)C)Nc1ccc2c(cc1=O)[C@@H](NC(C)=O)CCc1cc(OC)c(OC)c(OC)c1-2. The van der Waals surface area contributed by atoms with Gasteiger partial charge in [-0.05, 0) is 66.1 Å². The number of carbonyl (C=O) groups excluding carboxylic acids is 2. The van der Waals surface area contributed by atoms with E-state index in [0.29, 0.717) is 53.4 Å². The highest BCUT2D eigenvalue weighted by Crippen LogP contribution is 2.50. The summed E-state index contributed by atoms with van der Waals surface area (Å²) in [5.74, 6) is 1.84. The zero-order valence-electron chi connectivity index (χ0n) is 27.0. The molecule has 0 radical (unpaired) electrons. The lowest BCUT2D eigenvalue weighted by Crippen LogP contribution is -2.41.